The van der Waals surface area contributed by atoms with Crippen molar-refractivity contribution >= 4 is 11.9 Å². The van der Waals surface area contributed by atoms with Crippen molar-refractivity contribution in [3.8, 4) is 0 Å². The first-order valence-electron chi connectivity index (χ1n) is 24.2. The quantitative estimate of drug-likeness (QED) is 0.0325. The van der Waals surface area contributed by atoms with Crippen LogP contribution in [-0.4, -0.2) is 47.4 Å². The summed E-state index contributed by atoms with van der Waals surface area (Å²) >= 11 is 0. The van der Waals surface area contributed by atoms with Crippen LogP contribution in [0, 0.1) is 0 Å². The lowest BCUT2D eigenvalue weighted by molar-refractivity contribution is -0.143. The Balaban J connectivity index is 3.48. The van der Waals surface area contributed by atoms with Crippen molar-refractivity contribution in [2.24, 2.45) is 0 Å². The van der Waals surface area contributed by atoms with Gasteiger partial charge >= 0.3 is 5.97 Å². The number of esters is 1. The average Bonchev–Trinajstić information content (AvgIpc) is 3.20. The predicted octanol–water partition coefficient (Wildman–Crippen LogP) is 14.1. The number of aliphatic hydroxyl groups is 2. The summed E-state index contributed by atoms with van der Waals surface area (Å²) in [5.74, 6) is -0.0907. The topological polar surface area (TPSA) is 95.9 Å². The zero-order valence-electron chi connectivity index (χ0n) is 37.1. The van der Waals surface area contributed by atoms with Crippen molar-refractivity contribution in [1.82, 2.24) is 5.32 Å². The summed E-state index contributed by atoms with van der Waals surface area (Å²) in [6.45, 7) is 4.84. The van der Waals surface area contributed by atoms with Crippen LogP contribution in [0.4, 0.5) is 0 Å². The summed E-state index contributed by atoms with van der Waals surface area (Å²) in [5.41, 5.74) is 0. The van der Waals surface area contributed by atoms with Gasteiger partial charge in [-0.3, -0.25) is 9.59 Å². The van der Waals surface area contributed by atoms with E-state index in [-0.39, 0.29) is 18.5 Å². The van der Waals surface area contributed by atoms with Crippen molar-refractivity contribution in [1.29, 1.82) is 0 Å². The van der Waals surface area contributed by atoms with Gasteiger partial charge in [-0.25, -0.2) is 0 Å². The molecule has 2 atom stereocenters. The predicted molar refractivity (Wildman–Crippen MR) is 241 cm³/mol. The van der Waals surface area contributed by atoms with Crippen LogP contribution in [0.5, 0.6) is 0 Å². The normalized spacial score (nSPS) is 13.0. The number of nitrogens with one attached hydrogen (secondary N) is 1. The Morgan fingerprint density at radius 3 is 1.43 bits per heavy atom. The van der Waals surface area contributed by atoms with Crippen LogP contribution in [0.1, 0.15) is 245 Å². The third kappa shape index (κ3) is 41.7. The molecule has 328 valence electrons. The number of carbonyl (C=O) groups is 2. The van der Waals surface area contributed by atoms with Crippen molar-refractivity contribution in [2.45, 2.75) is 257 Å². The van der Waals surface area contributed by atoms with Gasteiger partial charge in [-0.15, -0.1) is 0 Å². The molecule has 0 fully saturated rings. The summed E-state index contributed by atoms with van der Waals surface area (Å²) in [5, 5.41) is 23.0. The number of ether oxygens (including phenoxy) is 1. The molecule has 6 nitrogen and oxygen atoms in total. The smallest absolute Gasteiger partial charge is 0.305 e. The Morgan fingerprint density at radius 1 is 0.500 bits per heavy atom. The average molecular weight is 788 g/mol. The molecule has 6 heteroatoms. The molecule has 0 saturated carbocycles. The second kappa shape index (κ2) is 45.8. The van der Waals surface area contributed by atoms with Gasteiger partial charge in [0.05, 0.1) is 25.4 Å². The van der Waals surface area contributed by atoms with Gasteiger partial charge in [0.25, 0.3) is 0 Å². The fourth-order valence-corrected chi connectivity index (χ4v) is 7.13. The zero-order chi connectivity index (χ0) is 40.8. The van der Waals surface area contributed by atoms with E-state index in [9.17, 15) is 19.8 Å². The van der Waals surface area contributed by atoms with Gasteiger partial charge in [0.1, 0.15) is 0 Å². The van der Waals surface area contributed by atoms with Crippen molar-refractivity contribution in [3.05, 3.63) is 36.5 Å². The van der Waals surface area contributed by atoms with E-state index in [0.717, 1.165) is 77.0 Å². The first-order chi connectivity index (χ1) is 27.5. The third-order valence-electron chi connectivity index (χ3n) is 10.9. The van der Waals surface area contributed by atoms with Gasteiger partial charge in [0.15, 0.2) is 0 Å². The molecule has 0 bridgehead atoms. The maximum Gasteiger partial charge on any atom is 0.305 e. The summed E-state index contributed by atoms with van der Waals surface area (Å²) in [6.07, 6.45) is 54.0. The molecule has 0 aromatic heterocycles. The molecule has 1 amide bonds. The van der Waals surface area contributed by atoms with E-state index in [1.165, 1.54) is 135 Å². The molecule has 0 spiro atoms. The van der Waals surface area contributed by atoms with E-state index < -0.39 is 12.1 Å². The lowest BCUT2D eigenvalue weighted by Gasteiger charge is -2.22. The van der Waals surface area contributed by atoms with Crippen LogP contribution < -0.4 is 5.32 Å². The highest BCUT2D eigenvalue weighted by Crippen LogP contribution is 2.14. The molecule has 0 heterocycles. The zero-order valence-corrected chi connectivity index (χ0v) is 37.1. The minimum absolute atomic E-state index is 0.0215. The first kappa shape index (κ1) is 54.1. The molecule has 0 aromatic rings. The molecular weight excluding hydrogens is 695 g/mol. The highest BCUT2D eigenvalue weighted by atomic mass is 16.5. The molecule has 2 unspecified atom stereocenters. The fourth-order valence-electron chi connectivity index (χ4n) is 7.13. The Morgan fingerprint density at radius 2 is 0.893 bits per heavy atom. The largest absolute Gasteiger partial charge is 0.466 e. The van der Waals surface area contributed by atoms with Crippen LogP contribution in [-0.2, 0) is 14.3 Å². The van der Waals surface area contributed by atoms with E-state index in [1.807, 2.05) is 0 Å². The van der Waals surface area contributed by atoms with Crippen LogP contribution in [0.2, 0.25) is 0 Å². The number of hydrogen-bond acceptors (Lipinski definition) is 5. The lowest BCUT2D eigenvalue weighted by Crippen LogP contribution is -2.45. The number of unbranched alkanes of at least 4 members (excludes halogenated alkanes) is 27. The molecule has 3 N–H and O–H groups in total. The third-order valence-corrected chi connectivity index (χ3v) is 10.9. The fraction of sp³-hybridized carbons (Fsp3) is 0.840. The SMILES string of the molecule is CCCCC/C=C\C/C=C\CCCCCCCCCC(=O)OCCCCCCCC/C=C\CCCCCC(=O)NC(CO)C(O)CCCCCCCCCCC. The Bertz CT molecular complexity index is 915. The Labute approximate surface area is 347 Å². The first-order valence-corrected chi connectivity index (χ1v) is 24.2. The van der Waals surface area contributed by atoms with Gasteiger partial charge in [-0.2, -0.15) is 0 Å². The summed E-state index contributed by atoms with van der Waals surface area (Å²) in [4.78, 5) is 24.4. The van der Waals surface area contributed by atoms with E-state index in [1.54, 1.807) is 0 Å². The van der Waals surface area contributed by atoms with Gasteiger partial charge in [-0.1, -0.05) is 185 Å². The summed E-state index contributed by atoms with van der Waals surface area (Å²) in [7, 11) is 0. The van der Waals surface area contributed by atoms with E-state index in [2.05, 4.69) is 55.6 Å². The second-order valence-electron chi connectivity index (χ2n) is 16.4. The van der Waals surface area contributed by atoms with Crippen molar-refractivity contribution in [3.63, 3.8) is 0 Å². The minimum atomic E-state index is -0.679. The Hall–Kier alpha value is -1.92. The minimum Gasteiger partial charge on any atom is -0.466 e. The van der Waals surface area contributed by atoms with Gasteiger partial charge in [-0.05, 0) is 83.5 Å². The molecule has 56 heavy (non-hydrogen) atoms. The molecule has 0 aliphatic rings. The number of aliphatic hydroxyl groups excluding tert-OH is 2. The Kier molecular flexibility index (Phi) is 44.2. The number of amides is 1. The van der Waals surface area contributed by atoms with Gasteiger partial charge in [0, 0.05) is 12.8 Å². The highest BCUT2D eigenvalue weighted by Gasteiger charge is 2.20. The maximum atomic E-state index is 12.4. The monoisotopic (exact) mass is 788 g/mol. The molecular formula is C50H93NO5. The summed E-state index contributed by atoms with van der Waals surface area (Å²) < 4.78 is 5.45. The molecule has 0 aromatic carbocycles. The van der Waals surface area contributed by atoms with E-state index in [0.29, 0.717) is 25.9 Å². The second-order valence-corrected chi connectivity index (χ2v) is 16.4. The standard InChI is InChI=1S/C50H93NO5/c1-3-5-7-9-11-13-14-15-16-17-18-21-24-28-32-36-40-44-50(55)56-45-41-37-33-29-25-22-19-20-23-27-31-35-39-43-49(54)51-47(46-52)48(53)42-38-34-30-26-12-10-8-6-4-2/h11,13,15-16,20,23,47-48,52-53H,3-10,12,14,17-19,21-22,24-46H2,1-2H3,(H,51,54)/b13-11-,16-15-,23-20-. The molecule has 0 aliphatic heterocycles. The van der Waals surface area contributed by atoms with Crippen LogP contribution in [0.25, 0.3) is 0 Å². The summed E-state index contributed by atoms with van der Waals surface area (Å²) in [6, 6.07) is -0.560. The van der Waals surface area contributed by atoms with Crippen LogP contribution >= 0.6 is 0 Å². The molecule has 0 aliphatic carbocycles. The van der Waals surface area contributed by atoms with Crippen molar-refractivity contribution in [2.75, 3.05) is 13.2 Å². The highest BCUT2D eigenvalue weighted by molar-refractivity contribution is 5.76. The van der Waals surface area contributed by atoms with Crippen molar-refractivity contribution < 1.29 is 24.5 Å². The number of carbonyl (C=O) groups excluding carboxylic acids is 2. The number of rotatable bonds is 44. The van der Waals surface area contributed by atoms with Gasteiger partial charge in [0.2, 0.25) is 5.91 Å². The van der Waals surface area contributed by atoms with Crippen LogP contribution in [0.3, 0.4) is 0 Å². The number of allylic oxidation sites excluding steroid dienone is 6. The number of hydrogen-bond donors (Lipinski definition) is 3. The molecule has 0 radical (unpaired) electrons. The molecule has 0 rings (SSSR count). The van der Waals surface area contributed by atoms with E-state index in [4.69, 9.17) is 4.74 Å². The lowest BCUT2D eigenvalue weighted by atomic mass is 10.0. The molecule has 0 saturated heterocycles. The maximum absolute atomic E-state index is 12.4. The van der Waals surface area contributed by atoms with Gasteiger partial charge < -0.3 is 20.3 Å². The van der Waals surface area contributed by atoms with Crippen LogP contribution in [0.15, 0.2) is 36.5 Å². The van der Waals surface area contributed by atoms with E-state index >= 15 is 0 Å².